The molecule has 0 bridgehead atoms. The minimum atomic E-state index is -1.40. The third-order valence-electron chi connectivity index (χ3n) is 3.66. The predicted molar refractivity (Wildman–Crippen MR) is 100 cm³/mol. The van der Waals surface area contributed by atoms with Crippen LogP contribution in [0.2, 0.25) is 0 Å². The van der Waals surface area contributed by atoms with Crippen molar-refractivity contribution in [2.75, 3.05) is 13.7 Å². The van der Waals surface area contributed by atoms with E-state index in [1.165, 1.54) is 13.2 Å². The van der Waals surface area contributed by atoms with Crippen molar-refractivity contribution in [3.63, 3.8) is 0 Å². The minimum absolute atomic E-state index is 0.137. The van der Waals surface area contributed by atoms with Crippen LogP contribution in [0.1, 0.15) is 16.1 Å². The number of rotatable bonds is 5. The number of carbonyl (C=O) groups is 3. The van der Waals surface area contributed by atoms with Gasteiger partial charge in [0, 0.05) is 11.6 Å². The zero-order valence-electron chi connectivity index (χ0n) is 14.0. The van der Waals surface area contributed by atoms with E-state index in [-0.39, 0.29) is 9.23 Å². The second-order valence-electron chi connectivity index (χ2n) is 5.38. The van der Waals surface area contributed by atoms with Gasteiger partial charge in [-0.1, -0.05) is 42.2 Å². The van der Waals surface area contributed by atoms with Crippen molar-refractivity contribution in [1.82, 2.24) is 4.90 Å². The Morgan fingerprint density at radius 2 is 2.04 bits per heavy atom. The second kappa shape index (κ2) is 7.77. The van der Waals surface area contributed by atoms with Crippen LogP contribution in [0.15, 0.2) is 45.7 Å². The molecule has 0 unspecified atom stereocenters. The fourth-order valence-corrected chi connectivity index (χ4v) is 3.69. The molecule has 1 aliphatic heterocycles. The normalized spacial score (nSPS) is 15.4. The lowest BCUT2D eigenvalue weighted by Crippen LogP contribution is -2.40. The summed E-state index contributed by atoms with van der Waals surface area (Å²) in [6, 6.07) is 10.1. The lowest BCUT2D eigenvalue weighted by Gasteiger charge is -2.14. The minimum Gasteiger partial charge on any atom is -0.548 e. The van der Waals surface area contributed by atoms with E-state index in [1.807, 2.05) is 0 Å². The fourth-order valence-electron chi connectivity index (χ4n) is 2.46. The lowest BCUT2D eigenvalue weighted by molar-refractivity contribution is -0.305. The van der Waals surface area contributed by atoms with Gasteiger partial charge in [0.05, 0.1) is 30.1 Å². The third-order valence-corrected chi connectivity index (χ3v) is 5.04. The van der Waals surface area contributed by atoms with Crippen LogP contribution in [0.3, 0.4) is 0 Å². The number of ether oxygens (including phenoxy) is 1. The summed E-state index contributed by atoms with van der Waals surface area (Å²) in [6.07, 6.45) is 1.47. The van der Waals surface area contributed by atoms with Gasteiger partial charge >= 0.3 is 5.97 Å². The van der Waals surface area contributed by atoms with Gasteiger partial charge in [0.25, 0.3) is 5.91 Å². The number of methoxy groups -OCH3 is 1. The molecule has 2 aromatic rings. The van der Waals surface area contributed by atoms with Crippen LogP contribution >= 0.6 is 24.0 Å². The Morgan fingerprint density at radius 1 is 1.30 bits per heavy atom. The Morgan fingerprint density at radius 3 is 2.74 bits per heavy atom. The summed E-state index contributed by atoms with van der Waals surface area (Å²) in [4.78, 5) is 36.1. The van der Waals surface area contributed by atoms with Gasteiger partial charge < -0.3 is 19.1 Å². The molecule has 0 radical (unpaired) electrons. The number of thioether (sulfide) groups is 1. The SMILES string of the molecule is COC(=O)c1ccccc1-c1ccc(/C=C2/SC(=S)N(CC(=O)[O-])C2=O)o1. The van der Waals surface area contributed by atoms with E-state index in [0.29, 0.717) is 22.6 Å². The van der Waals surface area contributed by atoms with Gasteiger partial charge in [-0.3, -0.25) is 9.69 Å². The maximum absolute atomic E-state index is 12.3. The van der Waals surface area contributed by atoms with Crippen LogP contribution in [0.5, 0.6) is 0 Å². The maximum Gasteiger partial charge on any atom is 0.338 e. The van der Waals surface area contributed by atoms with Gasteiger partial charge in [0.15, 0.2) is 0 Å². The highest BCUT2D eigenvalue weighted by Gasteiger charge is 2.32. The van der Waals surface area contributed by atoms with Crippen LogP contribution in [-0.4, -0.2) is 40.7 Å². The molecule has 0 saturated carbocycles. The number of carboxylic acid groups (broad SMARTS) is 1. The van der Waals surface area contributed by atoms with Gasteiger partial charge in [-0.2, -0.15) is 0 Å². The molecule has 1 amide bonds. The monoisotopic (exact) mass is 402 g/mol. The van der Waals surface area contributed by atoms with Crippen LogP contribution in [-0.2, 0) is 14.3 Å². The summed E-state index contributed by atoms with van der Waals surface area (Å²) in [7, 11) is 1.29. The van der Waals surface area contributed by atoms with Crippen LogP contribution < -0.4 is 5.11 Å². The highest BCUT2D eigenvalue weighted by molar-refractivity contribution is 8.26. The van der Waals surface area contributed by atoms with Crippen molar-refractivity contribution < 1.29 is 28.6 Å². The first-order valence-electron chi connectivity index (χ1n) is 7.63. The number of hydrogen-bond acceptors (Lipinski definition) is 8. The first-order valence-corrected chi connectivity index (χ1v) is 8.86. The quantitative estimate of drug-likeness (QED) is 0.423. The van der Waals surface area contributed by atoms with E-state index in [1.54, 1.807) is 36.4 Å². The molecule has 1 fully saturated rings. The summed E-state index contributed by atoms with van der Waals surface area (Å²) in [5.74, 6) is -1.63. The Hall–Kier alpha value is -2.91. The number of benzene rings is 1. The van der Waals surface area contributed by atoms with Crippen molar-refractivity contribution in [2.24, 2.45) is 0 Å². The van der Waals surface area contributed by atoms with E-state index in [9.17, 15) is 19.5 Å². The highest BCUT2D eigenvalue weighted by Crippen LogP contribution is 2.34. The van der Waals surface area contributed by atoms with Crippen LogP contribution in [0.25, 0.3) is 17.4 Å². The highest BCUT2D eigenvalue weighted by atomic mass is 32.2. The first-order chi connectivity index (χ1) is 12.9. The van der Waals surface area contributed by atoms with Crippen molar-refractivity contribution in [2.45, 2.75) is 0 Å². The van der Waals surface area contributed by atoms with E-state index < -0.39 is 24.4 Å². The third kappa shape index (κ3) is 3.93. The average Bonchev–Trinajstić information content (AvgIpc) is 3.21. The van der Waals surface area contributed by atoms with Gasteiger partial charge in [0.2, 0.25) is 0 Å². The Kier molecular flexibility index (Phi) is 5.43. The number of aliphatic carboxylic acids is 1. The summed E-state index contributed by atoms with van der Waals surface area (Å²) < 4.78 is 10.6. The molecule has 1 aliphatic rings. The summed E-state index contributed by atoms with van der Waals surface area (Å²) in [5, 5.41) is 10.7. The fraction of sp³-hybridized carbons (Fsp3) is 0.111. The summed E-state index contributed by atoms with van der Waals surface area (Å²) in [6.45, 7) is -0.599. The number of furan rings is 1. The smallest absolute Gasteiger partial charge is 0.338 e. The Balaban J connectivity index is 1.89. The molecule has 1 aromatic heterocycles. The molecule has 0 atom stereocenters. The first kappa shape index (κ1) is 18.9. The van der Waals surface area contributed by atoms with Gasteiger partial charge in [-0.15, -0.1) is 0 Å². The molecule has 138 valence electrons. The molecule has 9 heteroatoms. The van der Waals surface area contributed by atoms with Crippen molar-refractivity contribution in [3.05, 3.63) is 52.6 Å². The molecule has 3 rings (SSSR count). The van der Waals surface area contributed by atoms with Crippen molar-refractivity contribution in [3.8, 4) is 11.3 Å². The largest absolute Gasteiger partial charge is 0.548 e. The molecule has 1 saturated heterocycles. The van der Waals surface area contributed by atoms with Crippen molar-refractivity contribution in [1.29, 1.82) is 0 Å². The van der Waals surface area contributed by atoms with Crippen LogP contribution in [0, 0.1) is 0 Å². The number of nitrogens with zero attached hydrogens (tertiary/aromatic N) is 1. The van der Waals surface area contributed by atoms with Crippen molar-refractivity contribution >= 4 is 52.2 Å². The average molecular weight is 402 g/mol. The molecule has 0 aliphatic carbocycles. The molecule has 7 nitrogen and oxygen atoms in total. The zero-order valence-corrected chi connectivity index (χ0v) is 15.6. The molecule has 27 heavy (non-hydrogen) atoms. The molecule has 0 spiro atoms. The number of carbonyl (C=O) groups excluding carboxylic acids is 3. The van der Waals surface area contributed by atoms with Gasteiger partial charge in [0.1, 0.15) is 15.8 Å². The topological polar surface area (TPSA) is 99.9 Å². The molecular weight excluding hydrogens is 390 g/mol. The van der Waals surface area contributed by atoms with Crippen LogP contribution in [0.4, 0.5) is 0 Å². The van der Waals surface area contributed by atoms with E-state index in [2.05, 4.69) is 0 Å². The summed E-state index contributed by atoms with van der Waals surface area (Å²) in [5.41, 5.74) is 0.898. The number of carboxylic acids is 1. The van der Waals surface area contributed by atoms with E-state index in [0.717, 1.165) is 16.7 Å². The number of thiocarbonyl (C=S) groups is 1. The molecule has 2 heterocycles. The van der Waals surface area contributed by atoms with E-state index in [4.69, 9.17) is 21.4 Å². The van der Waals surface area contributed by atoms with Gasteiger partial charge in [-0.05, 0) is 18.2 Å². The second-order valence-corrected chi connectivity index (χ2v) is 7.05. The van der Waals surface area contributed by atoms with E-state index >= 15 is 0 Å². The standard InChI is InChI=1S/C18H13NO6S2/c1-24-17(23)12-5-3-2-4-11(12)13-7-6-10(25-13)8-14-16(22)19(9-15(20)21)18(26)27-14/h2-8H,9H2,1H3,(H,20,21)/p-1/b14-8+. The number of hydrogen-bond donors (Lipinski definition) is 0. The summed E-state index contributed by atoms with van der Waals surface area (Å²) >= 11 is 6.00. The maximum atomic E-state index is 12.3. The zero-order chi connectivity index (χ0) is 19.6. The Bertz CT molecular complexity index is 978. The molecule has 0 N–H and O–H groups in total. The lowest BCUT2D eigenvalue weighted by atomic mass is 10.1. The molecular formula is C18H12NO6S2-. The number of esters is 1. The predicted octanol–water partition coefficient (Wildman–Crippen LogP) is 1.68. The van der Waals surface area contributed by atoms with Gasteiger partial charge in [-0.25, -0.2) is 4.79 Å². The Labute approximate surface area is 163 Å². The molecule has 1 aromatic carbocycles. The number of amides is 1.